The van der Waals surface area contributed by atoms with Gasteiger partial charge in [-0.05, 0) is 43.0 Å². The largest absolute Gasteiger partial charge is 0.494 e. The van der Waals surface area contributed by atoms with Crippen LogP contribution in [0.3, 0.4) is 0 Å². The van der Waals surface area contributed by atoms with Crippen molar-refractivity contribution in [2.45, 2.75) is 33.2 Å². The van der Waals surface area contributed by atoms with Crippen molar-refractivity contribution in [1.82, 2.24) is 0 Å². The van der Waals surface area contributed by atoms with E-state index in [0.29, 0.717) is 12.6 Å². The van der Waals surface area contributed by atoms with Crippen LogP contribution in [-0.4, -0.2) is 25.7 Å². The van der Waals surface area contributed by atoms with E-state index < -0.39 is 0 Å². The van der Waals surface area contributed by atoms with Crippen molar-refractivity contribution in [3.63, 3.8) is 0 Å². The van der Waals surface area contributed by atoms with E-state index >= 15 is 0 Å². The minimum atomic E-state index is 0.177. The number of hydrogen-bond donors (Lipinski definition) is 1. The van der Waals surface area contributed by atoms with E-state index in [1.807, 2.05) is 19.1 Å². The molecular weight excluding hydrogens is 224 g/mol. The van der Waals surface area contributed by atoms with E-state index in [1.54, 1.807) is 0 Å². The molecule has 3 nitrogen and oxygen atoms in total. The maximum Gasteiger partial charge on any atom is 0.119 e. The molecule has 2 rings (SSSR count). The molecule has 0 aromatic heterocycles. The van der Waals surface area contributed by atoms with Crippen LogP contribution in [0.4, 0.5) is 5.69 Å². The molecule has 0 spiro atoms. The second kappa shape index (κ2) is 5.19. The summed E-state index contributed by atoms with van der Waals surface area (Å²) >= 11 is 0. The van der Waals surface area contributed by atoms with E-state index in [2.05, 4.69) is 30.9 Å². The van der Waals surface area contributed by atoms with Crippen LogP contribution in [-0.2, 0) is 0 Å². The van der Waals surface area contributed by atoms with E-state index in [1.165, 1.54) is 5.69 Å². The molecule has 1 heterocycles. The van der Waals surface area contributed by atoms with E-state index in [9.17, 15) is 0 Å². The summed E-state index contributed by atoms with van der Waals surface area (Å²) in [6.07, 6.45) is 1.06. The molecule has 0 saturated carbocycles. The summed E-state index contributed by atoms with van der Waals surface area (Å²) in [6, 6.07) is 8.66. The second-order valence-electron chi connectivity index (χ2n) is 5.73. The smallest absolute Gasteiger partial charge is 0.119 e. The van der Waals surface area contributed by atoms with Gasteiger partial charge in [-0.2, -0.15) is 0 Å². The molecule has 0 amide bonds. The lowest BCUT2D eigenvalue weighted by Crippen LogP contribution is -2.52. The molecule has 100 valence electrons. The molecule has 0 radical (unpaired) electrons. The highest BCUT2D eigenvalue weighted by Gasteiger charge is 2.33. The molecule has 1 aromatic rings. The van der Waals surface area contributed by atoms with Crippen LogP contribution >= 0.6 is 0 Å². The third-order valence-corrected chi connectivity index (χ3v) is 3.83. The zero-order valence-electron chi connectivity index (χ0n) is 11.6. The van der Waals surface area contributed by atoms with Gasteiger partial charge in [0.25, 0.3) is 0 Å². The minimum Gasteiger partial charge on any atom is -0.494 e. The SMILES string of the molecule is CCOc1ccc(N2CCC(N)C(C)(C)C2)cc1. The van der Waals surface area contributed by atoms with Gasteiger partial charge in [0.1, 0.15) is 5.75 Å². The number of hydrogen-bond acceptors (Lipinski definition) is 3. The standard InChI is InChI=1S/C15H24N2O/c1-4-18-13-7-5-12(6-8-13)17-10-9-14(16)15(2,3)11-17/h5-8,14H,4,9-11,16H2,1-3H3. The number of benzene rings is 1. The lowest BCUT2D eigenvalue weighted by molar-refractivity contribution is 0.245. The highest BCUT2D eigenvalue weighted by molar-refractivity contribution is 5.49. The van der Waals surface area contributed by atoms with Crippen molar-refractivity contribution < 1.29 is 4.74 Å². The highest BCUT2D eigenvalue weighted by atomic mass is 16.5. The van der Waals surface area contributed by atoms with Crippen LogP contribution in [0.2, 0.25) is 0 Å². The quantitative estimate of drug-likeness (QED) is 0.893. The monoisotopic (exact) mass is 248 g/mol. The maximum absolute atomic E-state index is 6.17. The molecule has 2 N–H and O–H groups in total. The molecule has 3 heteroatoms. The van der Waals surface area contributed by atoms with E-state index in [4.69, 9.17) is 10.5 Å². The van der Waals surface area contributed by atoms with Gasteiger partial charge in [-0.15, -0.1) is 0 Å². The molecule has 1 aliphatic rings. The zero-order chi connectivity index (χ0) is 13.2. The van der Waals surface area contributed by atoms with Crippen LogP contribution in [0, 0.1) is 5.41 Å². The number of nitrogens with zero attached hydrogens (tertiary/aromatic N) is 1. The van der Waals surface area contributed by atoms with Gasteiger partial charge in [0.15, 0.2) is 0 Å². The van der Waals surface area contributed by atoms with Crippen molar-refractivity contribution in [2.75, 3.05) is 24.6 Å². The first-order chi connectivity index (χ1) is 8.53. The summed E-state index contributed by atoms with van der Waals surface area (Å²) in [6.45, 7) is 9.27. The molecule has 1 aliphatic heterocycles. The van der Waals surface area contributed by atoms with Crippen LogP contribution < -0.4 is 15.4 Å². The summed E-state index contributed by atoms with van der Waals surface area (Å²) in [4.78, 5) is 2.42. The Hall–Kier alpha value is -1.22. The van der Waals surface area contributed by atoms with Gasteiger partial charge in [0, 0.05) is 24.8 Å². The Morgan fingerprint density at radius 1 is 1.33 bits per heavy atom. The lowest BCUT2D eigenvalue weighted by Gasteiger charge is -2.43. The summed E-state index contributed by atoms with van der Waals surface area (Å²) in [5, 5.41) is 0. The third kappa shape index (κ3) is 2.78. The Bertz CT molecular complexity index is 386. The molecule has 0 aliphatic carbocycles. The van der Waals surface area contributed by atoms with E-state index in [-0.39, 0.29) is 5.41 Å². The van der Waals surface area contributed by atoms with Crippen LogP contribution in [0.5, 0.6) is 5.75 Å². The number of piperidine rings is 1. The van der Waals surface area contributed by atoms with Gasteiger partial charge in [0.05, 0.1) is 6.61 Å². The topological polar surface area (TPSA) is 38.5 Å². The predicted molar refractivity (Wildman–Crippen MR) is 76.2 cm³/mol. The summed E-state index contributed by atoms with van der Waals surface area (Å²) in [5.41, 5.74) is 7.61. The number of rotatable bonds is 3. The predicted octanol–water partition coefficient (Wildman–Crippen LogP) is 2.65. The number of nitrogens with two attached hydrogens (primary N) is 1. The van der Waals surface area contributed by atoms with Crippen molar-refractivity contribution in [2.24, 2.45) is 11.1 Å². The van der Waals surface area contributed by atoms with E-state index in [0.717, 1.165) is 25.3 Å². The summed E-state index contributed by atoms with van der Waals surface area (Å²) < 4.78 is 5.47. The molecule has 1 saturated heterocycles. The Morgan fingerprint density at radius 3 is 2.56 bits per heavy atom. The first-order valence-electron chi connectivity index (χ1n) is 6.76. The maximum atomic E-state index is 6.17. The Kier molecular flexibility index (Phi) is 3.81. The van der Waals surface area contributed by atoms with Crippen molar-refractivity contribution in [1.29, 1.82) is 0 Å². The number of ether oxygens (including phenoxy) is 1. The first kappa shape index (κ1) is 13.2. The minimum absolute atomic E-state index is 0.177. The van der Waals surface area contributed by atoms with Crippen LogP contribution in [0.1, 0.15) is 27.2 Å². The lowest BCUT2D eigenvalue weighted by atomic mass is 9.79. The molecule has 1 atom stereocenters. The third-order valence-electron chi connectivity index (χ3n) is 3.83. The van der Waals surface area contributed by atoms with Gasteiger partial charge < -0.3 is 15.4 Å². The fraction of sp³-hybridized carbons (Fsp3) is 0.600. The van der Waals surface area contributed by atoms with Crippen LogP contribution in [0.25, 0.3) is 0 Å². The Labute approximate surface area is 110 Å². The highest BCUT2D eigenvalue weighted by Crippen LogP contribution is 2.31. The zero-order valence-corrected chi connectivity index (χ0v) is 11.6. The fourth-order valence-electron chi connectivity index (χ4n) is 2.51. The van der Waals surface area contributed by atoms with Gasteiger partial charge in [-0.1, -0.05) is 13.8 Å². The molecule has 1 aromatic carbocycles. The fourth-order valence-corrected chi connectivity index (χ4v) is 2.51. The van der Waals surface area contributed by atoms with Crippen molar-refractivity contribution in [3.8, 4) is 5.75 Å². The molecule has 18 heavy (non-hydrogen) atoms. The molecular formula is C15H24N2O. The Morgan fingerprint density at radius 2 is 2.00 bits per heavy atom. The normalized spacial score (nSPS) is 22.9. The molecule has 0 bridgehead atoms. The van der Waals surface area contributed by atoms with Gasteiger partial charge >= 0.3 is 0 Å². The number of anilines is 1. The second-order valence-corrected chi connectivity index (χ2v) is 5.73. The van der Waals surface area contributed by atoms with Crippen molar-refractivity contribution in [3.05, 3.63) is 24.3 Å². The average molecular weight is 248 g/mol. The average Bonchev–Trinajstić information content (AvgIpc) is 2.34. The van der Waals surface area contributed by atoms with Gasteiger partial charge in [-0.3, -0.25) is 0 Å². The molecule has 1 fully saturated rings. The molecule has 1 unspecified atom stereocenters. The van der Waals surface area contributed by atoms with Gasteiger partial charge in [0.2, 0.25) is 0 Å². The van der Waals surface area contributed by atoms with Crippen LogP contribution in [0.15, 0.2) is 24.3 Å². The first-order valence-corrected chi connectivity index (χ1v) is 6.76. The summed E-state index contributed by atoms with van der Waals surface area (Å²) in [5.74, 6) is 0.939. The van der Waals surface area contributed by atoms with Crippen molar-refractivity contribution >= 4 is 5.69 Å². The summed E-state index contributed by atoms with van der Waals surface area (Å²) in [7, 11) is 0. The Balaban J connectivity index is 2.08. The van der Waals surface area contributed by atoms with Gasteiger partial charge in [-0.25, -0.2) is 0 Å².